The van der Waals surface area contributed by atoms with Crippen LogP contribution in [0.3, 0.4) is 0 Å². The topological polar surface area (TPSA) is 12.4 Å². The van der Waals surface area contributed by atoms with Crippen molar-refractivity contribution in [3.05, 3.63) is 0 Å². The van der Waals surface area contributed by atoms with Gasteiger partial charge >= 0.3 is 6.18 Å². The number of rotatable bonds is 0. The van der Waals surface area contributed by atoms with Crippen LogP contribution in [-0.2, 0) is 0 Å². The maximum atomic E-state index is 11.6. The van der Waals surface area contributed by atoms with Crippen molar-refractivity contribution in [1.82, 2.24) is 0 Å². The highest BCUT2D eigenvalue weighted by Crippen LogP contribution is 2.23. The lowest BCUT2D eigenvalue weighted by molar-refractivity contribution is -0.0599. The van der Waals surface area contributed by atoms with Gasteiger partial charge in [0.15, 0.2) is 0 Å². The molecule has 0 aromatic rings. The van der Waals surface area contributed by atoms with Gasteiger partial charge in [0, 0.05) is 6.54 Å². The van der Waals surface area contributed by atoms with E-state index in [1.54, 1.807) is 0 Å². The van der Waals surface area contributed by atoms with Crippen molar-refractivity contribution in [2.24, 2.45) is 4.99 Å². The highest BCUT2D eigenvalue weighted by molar-refractivity contribution is 5.90. The smallest absolute Gasteiger partial charge is 0.285 e. The van der Waals surface area contributed by atoms with Crippen LogP contribution in [0.4, 0.5) is 13.2 Å². The van der Waals surface area contributed by atoms with E-state index in [4.69, 9.17) is 0 Å². The van der Waals surface area contributed by atoms with Crippen LogP contribution < -0.4 is 0 Å². The maximum absolute atomic E-state index is 11.6. The lowest BCUT2D eigenvalue weighted by Gasteiger charge is -2.02. The first-order valence-corrected chi connectivity index (χ1v) is 2.71. The van der Waals surface area contributed by atoms with Crippen LogP contribution in [0.1, 0.15) is 12.8 Å². The van der Waals surface area contributed by atoms with Crippen molar-refractivity contribution in [2.45, 2.75) is 19.0 Å². The van der Waals surface area contributed by atoms with Crippen molar-refractivity contribution in [3.63, 3.8) is 0 Å². The molecule has 1 aliphatic rings. The van der Waals surface area contributed by atoms with Gasteiger partial charge in [-0.2, -0.15) is 13.2 Å². The molecule has 1 nitrogen and oxygen atoms in total. The number of nitrogens with zero attached hydrogens (tertiary/aromatic N) is 1. The largest absolute Gasteiger partial charge is 0.429 e. The fourth-order valence-corrected chi connectivity index (χ4v) is 0.771. The first-order valence-electron chi connectivity index (χ1n) is 2.71. The number of hydrogen-bond donors (Lipinski definition) is 0. The Bertz CT molecular complexity index is 136. The van der Waals surface area contributed by atoms with Gasteiger partial charge in [0.25, 0.3) is 0 Å². The van der Waals surface area contributed by atoms with Crippen LogP contribution in [0.25, 0.3) is 0 Å². The molecule has 0 N–H and O–H groups in total. The van der Waals surface area contributed by atoms with Gasteiger partial charge in [0.1, 0.15) is 5.71 Å². The summed E-state index contributed by atoms with van der Waals surface area (Å²) in [5, 5.41) is 0. The Morgan fingerprint density at radius 2 is 2.00 bits per heavy atom. The molecule has 0 saturated heterocycles. The van der Waals surface area contributed by atoms with E-state index in [0.29, 0.717) is 13.0 Å². The Kier molecular flexibility index (Phi) is 1.47. The molecule has 0 aromatic heterocycles. The third kappa shape index (κ3) is 1.43. The molecule has 0 bridgehead atoms. The van der Waals surface area contributed by atoms with E-state index in [1.165, 1.54) is 0 Å². The zero-order valence-corrected chi connectivity index (χ0v) is 4.70. The van der Waals surface area contributed by atoms with Crippen LogP contribution in [0.2, 0.25) is 0 Å². The molecule has 0 aliphatic carbocycles. The summed E-state index contributed by atoms with van der Waals surface area (Å²) in [6, 6.07) is 0. The van der Waals surface area contributed by atoms with Gasteiger partial charge in [0.05, 0.1) is 0 Å². The summed E-state index contributed by atoms with van der Waals surface area (Å²) < 4.78 is 34.9. The molecule has 52 valence electrons. The lowest BCUT2D eigenvalue weighted by atomic mass is 10.2. The zero-order chi connectivity index (χ0) is 6.91. The van der Waals surface area contributed by atoms with Gasteiger partial charge in [0.2, 0.25) is 0 Å². The Morgan fingerprint density at radius 1 is 1.33 bits per heavy atom. The molecule has 0 aromatic carbocycles. The SMILES string of the molecule is FC(F)(F)C1=NCCC1. The second-order valence-electron chi connectivity index (χ2n) is 1.93. The van der Waals surface area contributed by atoms with E-state index < -0.39 is 11.9 Å². The molecule has 1 rings (SSSR count). The fraction of sp³-hybridized carbons (Fsp3) is 0.800. The zero-order valence-electron chi connectivity index (χ0n) is 4.70. The van der Waals surface area contributed by atoms with Crippen LogP contribution in [-0.4, -0.2) is 18.4 Å². The van der Waals surface area contributed by atoms with Crippen LogP contribution in [0.5, 0.6) is 0 Å². The number of aliphatic imine (C=N–C) groups is 1. The van der Waals surface area contributed by atoms with Crippen molar-refractivity contribution in [3.8, 4) is 0 Å². The minimum atomic E-state index is -4.17. The summed E-state index contributed by atoms with van der Waals surface area (Å²) in [6.45, 7) is 0.342. The van der Waals surface area contributed by atoms with Crippen molar-refractivity contribution < 1.29 is 13.2 Å². The molecule has 0 amide bonds. The Morgan fingerprint density at radius 3 is 2.22 bits per heavy atom. The van der Waals surface area contributed by atoms with Gasteiger partial charge in [-0.05, 0) is 12.8 Å². The van der Waals surface area contributed by atoms with Crippen LogP contribution in [0, 0.1) is 0 Å². The number of hydrogen-bond acceptors (Lipinski definition) is 1. The summed E-state index contributed by atoms with van der Waals surface area (Å²) in [5.74, 6) is 0. The standard InChI is InChI=1S/C5H6F3N/c6-5(7,8)4-2-1-3-9-4/h1-3H2. The van der Waals surface area contributed by atoms with Crippen LogP contribution >= 0.6 is 0 Å². The van der Waals surface area contributed by atoms with E-state index >= 15 is 0 Å². The van der Waals surface area contributed by atoms with Gasteiger partial charge in [-0.15, -0.1) is 0 Å². The first kappa shape index (κ1) is 6.58. The quantitative estimate of drug-likeness (QED) is 0.482. The van der Waals surface area contributed by atoms with Crippen molar-refractivity contribution in [1.29, 1.82) is 0 Å². The molecular formula is C5H6F3N. The molecule has 4 heteroatoms. The minimum absolute atomic E-state index is 0.101. The molecule has 9 heavy (non-hydrogen) atoms. The molecular weight excluding hydrogens is 131 g/mol. The van der Waals surface area contributed by atoms with Gasteiger partial charge < -0.3 is 0 Å². The third-order valence-electron chi connectivity index (χ3n) is 1.20. The normalized spacial score (nSPS) is 20.1. The molecule has 0 atom stereocenters. The molecule has 0 spiro atoms. The van der Waals surface area contributed by atoms with Crippen molar-refractivity contribution in [2.75, 3.05) is 6.54 Å². The first-order chi connectivity index (χ1) is 4.11. The Labute approximate surface area is 50.6 Å². The molecule has 0 unspecified atom stereocenters. The highest BCUT2D eigenvalue weighted by Gasteiger charge is 2.36. The number of alkyl halides is 3. The lowest BCUT2D eigenvalue weighted by Crippen LogP contribution is -2.20. The van der Waals surface area contributed by atoms with E-state index in [2.05, 4.69) is 4.99 Å². The second-order valence-corrected chi connectivity index (χ2v) is 1.93. The molecule has 1 aliphatic heterocycles. The summed E-state index contributed by atoms with van der Waals surface area (Å²) >= 11 is 0. The molecule has 0 fully saturated rings. The van der Waals surface area contributed by atoms with Gasteiger partial charge in [-0.1, -0.05) is 0 Å². The predicted octanol–water partition coefficient (Wildman–Crippen LogP) is 1.78. The monoisotopic (exact) mass is 137 g/mol. The second kappa shape index (κ2) is 2.01. The average Bonchev–Trinajstić information content (AvgIpc) is 2.08. The summed E-state index contributed by atoms with van der Waals surface area (Å²) in [5.41, 5.74) is -0.595. The highest BCUT2D eigenvalue weighted by atomic mass is 19.4. The predicted molar refractivity (Wildman–Crippen MR) is 27.6 cm³/mol. The van der Waals surface area contributed by atoms with E-state index in [9.17, 15) is 13.2 Å². The average molecular weight is 137 g/mol. The van der Waals surface area contributed by atoms with E-state index in [1.807, 2.05) is 0 Å². The van der Waals surface area contributed by atoms with Gasteiger partial charge in [-0.3, -0.25) is 4.99 Å². The molecule has 0 radical (unpaired) electrons. The van der Waals surface area contributed by atoms with Gasteiger partial charge in [-0.25, -0.2) is 0 Å². The maximum Gasteiger partial charge on any atom is 0.429 e. The van der Waals surface area contributed by atoms with E-state index in [-0.39, 0.29) is 6.42 Å². The third-order valence-corrected chi connectivity index (χ3v) is 1.20. The molecule has 1 heterocycles. The minimum Gasteiger partial charge on any atom is -0.285 e. The summed E-state index contributed by atoms with van der Waals surface area (Å²) in [7, 11) is 0. The Balaban J connectivity index is 2.61. The fourth-order valence-electron chi connectivity index (χ4n) is 0.771. The Hall–Kier alpha value is -0.540. The number of halogens is 3. The van der Waals surface area contributed by atoms with E-state index in [0.717, 1.165) is 0 Å². The van der Waals surface area contributed by atoms with Crippen LogP contribution in [0.15, 0.2) is 4.99 Å². The summed E-state index contributed by atoms with van der Waals surface area (Å²) in [6.07, 6.45) is -3.52. The summed E-state index contributed by atoms with van der Waals surface area (Å²) in [4.78, 5) is 3.30. The molecule has 0 saturated carbocycles. The van der Waals surface area contributed by atoms with Crippen molar-refractivity contribution >= 4 is 5.71 Å².